The van der Waals surface area contributed by atoms with E-state index >= 15 is 0 Å². The Bertz CT molecular complexity index is 352. The van der Waals surface area contributed by atoms with Crippen LogP contribution in [0.2, 0.25) is 0 Å². The molecule has 0 spiro atoms. The van der Waals surface area contributed by atoms with Crippen molar-refractivity contribution in [2.45, 2.75) is 17.4 Å². The Morgan fingerprint density at radius 1 is 1.43 bits per heavy atom. The molecule has 0 aromatic carbocycles. The third-order valence-corrected chi connectivity index (χ3v) is 6.83. The molecule has 2 heterocycles. The molecule has 14 heavy (non-hydrogen) atoms. The van der Waals surface area contributed by atoms with Gasteiger partial charge in [-0.15, -0.1) is 0 Å². The second-order valence-electron chi connectivity index (χ2n) is 3.29. The van der Waals surface area contributed by atoms with E-state index in [1.165, 1.54) is 20.6 Å². The standard InChI is InChI=1S/C9H12N2S3/c1-6-8(5-12)13-14-9(6)7-4-10-2-3-11-7/h2-6,8-9,13-14H,1H3. The van der Waals surface area contributed by atoms with Crippen molar-refractivity contribution in [2.24, 2.45) is 5.92 Å². The Morgan fingerprint density at radius 3 is 2.86 bits per heavy atom. The highest BCUT2D eigenvalue weighted by molar-refractivity contribution is 8.28. The minimum atomic E-state index is 0.509. The molecule has 0 amide bonds. The summed E-state index contributed by atoms with van der Waals surface area (Å²) in [6.07, 6.45) is 5.35. The van der Waals surface area contributed by atoms with E-state index in [4.69, 9.17) is 12.2 Å². The molecule has 2 rings (SSSR count). The molecular weight excluding hydrogens is 232 g/mol. The van der Waals surface area contributed by atoms with Gasteiger partial charge in [0.25, 0.3) is 0 Å². The largest absolute Gasteiger partial charge is 0.261 e. The van der Waals surface area contributed by atoms with Crippen molar-refractivity contribution in [1.82, 2.24) is 9.97 Å². The number of thiocarbonyl (C=S) groups is 1. The fourth-order valence-electron chi connectivity index (χ4n) is 1.49. The predicted molar refractivity (Wildman–Crippen MR) is 68.9 cm³/mol. The molecule has 1 aliphatic rings. The van der Waals surface area contributed by atoms with Gasteiger partial charge >= 0.3 is 0 Å². The Hall–Kier alpha value is -0.130. The molecular formula is C9H12N2S3. The number of hydrogen-bond acceptors (Lipinski definition) is 3. The molecule has 1 aliphatic heterocycles. The molecule has 0 aliphatic carbocycles. The average molecular weight is 244 g/mol. The second kappa shape index (κ2) is 4.59. The van der Waals surface area contributed by atoms with Crippen LogP contribution >= 0.6 is 12.2 Å². The van der Waals surface area contributed by atoms with E-state index in [0.717, 1.165) is 5.69 Å². The van der Waals surface area contributed by atoms with E-state index in [1.807, 2.05) is 11.6 Å². The van der Waals surface area contributed by atoms with E-state index in [2.05, 4.69) is 16.9 Å². The molecule has 0 N–H and O–H groups in total. The van der Waals surface area contributed by atoms with Crippen molar-refractivity contribution in [3.63, 3.8) is 0 Å². The van der Waals surface area contributed by atoms with Crippen LogP contribution in [-0.4, -0.2) is 20.6 Å². The first kappa shape index (κ1) is 10.4. The van der Waals surface area contributed by atoms with E-state index in [0.29, 0.717) is 16.4 Å². The molecule has 1 aromatic rings. The van der Waals surface area contributed by atoms with E-state index in [1.54, 1.807) is 12.4 Å². The van der Waals surface area contributed by atoms with Crippen LogP contribution in [-0.2, 0) is 20.6 Å². The van der Waals surface area contributed by atoms with Crippen molar-refractivity contribution in [2.75, 3.05) is 0 Å². The van der Waals surface area contributed by atoms with Gasteiger partial charge in [-0.05, 0) is 11.3 Å². The van der Waals surface area contributed by atoms with Crippen LogP contribution < -0.4 is 0 Å². The van der Waals surface area contributed by atoms with Gasteiger partial charge in [0.05, 0.1) is 5.69 Å². The summed E-state index contributed by atoms with van der Waals surface area (Å²) in [4.78, 5) is 8.47. The van der Waals surface area contributed by atoms with Crippen molar-refractivity contribution < 1.29 is 0 Å². The normalized spacial score (nSPS) is 31.6. The van der Waals surface area contributed by atoms with Gasteiger partial charge in [-0.1, -0.05) is 19.1 Å². The minimum Gasteiger partial charge on any atom is -0.261 e. The van der Waals surface area contributed by atoms with Gasteiger partial charge in [0.1, 0.15) is 0 Å². The maximum absolute atomic E-state index is 5.02. The third kappa shape index (κ3) is 1.94. The van der Waals surface area contributed by atoms with Gasteiger partial charge in [0.2, 0.25) is 0 Å². The smallest absolute Gasteiger partial charge is 0.0717 e. The lowest BCUT2D eigenvalue weighted by Gasteiger charge is -2.16. The average Bonchev–Trinajstić information content (AvgIpc) is 2.61. The van der Waals surface area contributed by atoms with Gasteiger partial charge in [-0.25, -0.2) is 0 Å². The molecule has 0 saturated heterocycles. The van der Waals surface area contributed by atoms with Crippen LogP contribution in [0.3, 0.4) is 0 Å². The molecule has 5 heteroatoms. The number of thiol groups is 2. The highest BCUT2D eigenvalue weighted by atomic mass is 32.8. The topological polar surface area (TPSA) is 25.8 Å². The van der Waals surface area contributed by atoms with Gasteiger partial charge in [0.15, 0.2) is 0 Å². The van der Waals surface area contributed by atoms with E-state index < -0.39 is 0 Å². The van der Waals surface area contributed by atoms with E-state index in [-0.39, 0.29) is 0 Å². The Kier molecular flexibility index (Phi) is 3.41. The number of nitrogens with zero attached hydrogens (tertiary/aromatic N) is 2. The third-order valence-electron chi connectivity index (χ3n) is 2.39. The zero-order chi connectivity index (χ0) is 9.97. The van der Waals surface area contributed by atoms with Crippen LogP contribution in [0, 0.1) is 5.92 Å². The summed E-state index contributed by atoms with van der Waals surface area (Å²) in [5, 5.41) is 2.95. The minimum absolute atomic E-state index is 0.509. The molecule has 1 aromatic heterocycles. The maximum atomic E-state index is 5.02. The van der Waals surface area contributed by atoms with Crippen LogP contribution in [0.15, 0.2) is 18.6 Å². The van der Waals surface area contributed by atoms with Gasteiger partial charge in [-0.2, -0.15) is 20.6 Å². The highest BCUT2D eigenvalue weighted by Crippen LogP contribution is 2.30. The summed E-state index contributed by atoms with van der Waals surface area (Å²) in [6.45, 7) is 2.25. The SMILES string of the molecule is CC1C(C=S)[SH]=[SH]C1c1cnccn1. The van der Waals surface area contributed by atoms with Gasteiger partial charge < -0.3 is 0 Å². The van der Waals surface area contributed by atoms with Crippen LogP contribution in [0.25, 0.3) is 0 Å². The quantitative estimate of drug-likeness (QED) is 0.602. The predicted octanol–water partition coefficient (Wildman–Crippen LogP) is 1.08. The number of hydrogen-bond donors (Lipinski definition) is 2. The summed E-state index contributed by atoms with van der Waals surface area (Å²) in [5.41, 5.74) is 1.11. The van der Waals surface area contributed by atoms with Crippen molar-refractivity contribution in [1.29, 1.82) is 0 Å². The Balaban J connectivity index is 2.23. The fraction of sp³-hybridized carbons (Fsp3) is 0.444. The van der Waals surface area contributed by atoms with Gasteiger partial charge in [0, 0.05) is 29.1 Å². The maximum Gasteiger partial charge on any atom is 0.0717 e. The number of aromatic nitrogens is 2. The number of rotatable bonds is 2. The fourth-order valence-corrected chi connectivity index (χ4v) is 6.42. The lowest BCUT2D eigenvalue weighted by molar-refractivity contribution is 0.606. The molecule has 76 valence electrons. The van der Waals surface area contributed by atoms with Crippen molar-refractivity contribution in [3.05, 3.63) is 24.3 Å². The first-order valence-corrected chi connectivity index (χ1v) is 7.54. The summed E-state index contributed by atoms with van der Waals surface area (Å²) in [7, 11) is 2.83. The molecule has 0 saturated carbocycles. The summed E-state index contributed by atoms with van der Waals surface area (Å²) >= 11 is 5.02. The molecule has 3 atom stereocenters. The van der Waals surface area contributed by atoms with Crippen LogP contribution in [0.5, 0.6) is 0 Å². The first-order chi connectivity index (χ1) is 6.83. The Labute approximate surface area is 95.7 Å². The lowest BCUT2D eigenvalue weighted by Crippen LogP contribution is -2.18. The molecule has 0 bridgehead atoms. The molecule has 0 fully saturated rings. The van der Waals surface area contributed by atoms with E-state index in [9.17, 15) is 0 Å². The highest BCUT2D eigenvalue weighted by Gasteiger charge is 2.28. The summed E-state index contributed by atoms with van der Waals surface area (Å²) in [5.74, 6) is 0.590. The lowest BCUT2D eigenvalue weighted by atomic mass is 10.0. The molecule has 3 unspecified atom stereocenters. The summed E-state index contributed by atoms with van der Waals surface area (Å²) < 4.78 is 0. The molecule has 2 nitrogen and oxygen atoms in total. The second-order valence-corrected chi connectivity index (χ2v) is 6.56. The Morgan fingerprint density at radius 2 is 2.29 bits per heavy atom. The van der Waals surface area contributed by atoms with Crippen molar-refractivity contribution in [3.8, 4) is 0 Å². The van der Waals surface area contributed by atoms with Crippen LogP contribution in [0.1, 0.15) is 17.9 Å². The van der Waals surface area contributed by atoms with Crippen LogP contribution in [0.4, 0.5) is 0 Å². The van der Waals surface area contributed by atoms with Crippen molar-refractivity contribution >= 4 is 38.2 Å². The first-order valence-electron chi connectivity index (χ1n) is 4.44. The molecule has 0 radical (unpaired) electrons. The monoisotopic (exact) mass is 244 g/mol. The summed E-state index contributed by atoms with van der Waals surface area (Å²) in [6, 6.07) is 0. The van der Waals surface area contributed by atoms with Gasteiger partial charge in [-0.3, -0.25) is 9.97 Å². The zero-order valence-electron chi connectivity index (χ0n) is 7.74. The zero-order valence-corrected chi connectivity index (χ0v) is 10.3.